The Bertz CT molecular complexity index is 1850. The first-order chi connectivity index (χ1) is 18.5. The van der Waals surface area contributed by atoms with Crippen LogP contribution in [-0.2, 0) is 4.79 Å². The summed E-state index contributed by atoms with van der Waals surface area (Å²) >= 11 is 0. The third kappa shape index (κ3) is 3.96. The summed E-state index contributed by atoms with van der Waals surface area (Å²) in [6.45, 7) is 1.85. The van der Waals surface area contributed by atoms with E-state index in [4.69, 9.17) is 9.97 Å². The van der Waals surface area contributed by atoms with E-state index in [0.717, 1.165) is 35.0 Å². The lowest BCUT2D eigenvalue weighted by atomic mass is 10.0. The van der Waals surface area contributed by atoms with Gasteiger partial charge in [-0.1, -0.05) is 6.07 Å². The second-order valence-corrected chi connectivity index (χ2v) is 9.58. The van der Waals surface area contributed by atoms with Crippen LogP contribution in [0.1, 0.15) is 18.4 Å². The highest BCUT2D eigenvalue weighted by Crippen LogP contribution is 2.33. The number of imidazole rings is 1. The van der Waals surface area contributed by atoms with Crippen LogP contribution in [0.2, 0.25) is 0 Å². The minimum Gasteiger partial charge on any atom is -0.335 e. The van der Waals surface area contributed by atoms with Gasteiger partial charge in [-0.05, 0) is 61.2 Å². The molecule has 0 spiro atoms. The highest BCUT2D eigenvalue weighted by Gasteiger charge is 2.29. The normalized spacial score (nSPS) is 13.3. The number of pyridine rings is 3. The number of aromatic amines is 2. The van der Waals surface area contributed by atoms with Crippen LogP contribution in [-0.4, -0.2) is 41.0 Å². The number of hydrogen-bond acceptors (Lipinski definition) is 6. The van der Waals surface area contributed by atoms with Crippen LogP contribution in [0.25, 0.3) is 56.0 Å². The van der Waals surface area contributed by atoms with Crippen molar-refractivity contribution >= 4 is 33.7 Å². The summed E-state index contributed by atoms with van der Waals surface area (Å²) in [6.07, 6.45) is 8.57. The van der Waals surface area contributed by atoms with Crippen molar-refractivity contribution in [2.75, 3.05) is 5.32 Å². The van der Waals surface area contributed by atoms with E-state index in [1.807, 2.05) is 31.2 Å². The number of carbonyl (C=O) groups excluding carboxylic acids is 1. The molecule has 0 radical (unpaired) electrons. The zero-order chi connectivity index (χ0) is 25.8. The smallest absolute Gasteiger partial charge is 0.227 e. The molecule has 1 saturated carbocycles. The van der Waals surface area contributed by atoms with Gasteiger partial charge in [0.1, 0.15) is 11.3 Å². The van der Waals surface area contributed by atoms with Gasteiger partial charge >= 0.3 is 0 Å². The molecule has 1 aliphatic rings. The Morgan fingerprint density at radius 1 is 0.947 bits per heavy atom. The molecule has 5 heterocycles. The monoisotopic (exact) mass is 504 g/mol. The van der Waals surface area contributed by atoms with Crippen molar-refractivity contribution < 1.29 is 9.18 Å². The number of nitrogens with one attached hydrogen (secondary N) is 3. The number of amides is 1. The van der Waals surface area contributed by atoms with Crippen LogP contribution in [0, 0.1) is 18.7 Å². The van der Waals surface area contributed by atoms with Gasteiger partial charge in [0.15, 0.2) is 11.5 Å². The van der Waals surface area contributed by atoms with E-state index < -0.39 is 0 Å². The van der Waals surface area contributed by atoms with Crippen molar-refractivity contribution in [1.82, 2.24) is 35.1 Å². The Hall–Kier alpha value is -4.99. The standard InChI is InChI=1S/C28H21FN8O/c1-14-6-16(8-18(29)7-14)20-12-31-13-23-24(20)35-27(34-23)26-25-22(36-37-26)5-4-21(33-25)17-9-19(11-30-10-17)32-28(38)15-2-3-15/h4-13,15H,2-3H2,1H3,(H,32,38)(H,34,35)(H,36,37). The van der Waals surface area contributed by atoms with Crippen molar-refractivity contribution in [2.24, 2.45) is 5.92 Å². The Morgan fingerprint density at radius 2 is 1.82 bits per heavy atom. The second-order valence-electron chi connectivity index (χ2n) is 9.58. The third-order valence-corrected chi connectivity index (χ3v) is 6.63. The number of hydrogen-bond donors (Lipinski definition) is 3. The summed E-state index contributed by atoms with van der Waals surface area (Å²) in [6, 6.07) is 10.5. The molecular formula is C28H21FN8O. The van der Waals surface area contributed by atoms with E-state index in [0.29, 0.717) is 45.0 Å². The molecule has 1 aromatic carbocycles. The molecule has 7 rings (SSSR count). The van der Waals surface area contributed by atoms with Crippen molar-refractivity contribution in [3.63, 3.8) is 0 Å². The van der Waals surface area contributed by atoms with Gasteiger partial charge < -0.3 is 10.3 Å². The fraction of sp³-hybridized carbons (Fsp3) is 0.143. The van der Waals surface area contributed by atoms with Gasteiger partial charge in [-0.3, -0.25) is 19.9 Å². The Labute approximate surface area is 215 Å². The average Bonchev–Trinajstić information content (AvgIpc) is 3.54. The maximum Gasteiger partial charge on any atom is 0.227 e. The predicted octanol–water partition coefficient (Wildman–Crippen LogP) is 5.42. The van der Waals surface area contributed by atoms with E-state index in [1.54, 1.807) is 24.8 Å². The molecule has 9 nitrogen and oxygen atoms in total. The van der Waals surface area contributed by atoms with Crippen LogP contribution in [0.15, 0.2) is 61.2 Å². The number of rotatable bonds is 5. The van der Waals surface area contributed by atoms with Gasteiger partial charge in [0.25, 0.3) is 0 Å². The number of aryl methyl sites for hydroxylation is 1. The third-order valence-electron chi connectivity index (χ3n) is 6.63. The molecule has 1 amide bonds. The fourth-order valence-corrected chi connectivity index (χ4v) is 4.61. The first-order valence-electron chi connectivity index (χ1n) is 12.2. The van der Waals surface area contributed by atoms with Crippen LogP contribution in [0.5, 0.6) is 0 Å². The molecule has 186 valence electrons. The molecule has 0 atom stereocenters. The molecule has 1 aliphatic carbocycles. The van der Waals surface area contributed by atoms with Crippen LogP contribution < -0.4 is 5.32 Å². The lowest BCUT2D eigenvalue weighted by Gasteiger charge is -2.06. The lowest BCUT2D eigenvalue weighted by Crippen LogP contribution is -2.13. The molecule has 0 aliphatic heterocycles. The molecule has 5 aromatic heterocycles. The van der Waals surface area contributed by atoms with Gasteiger partial charge in [-0.2, -0.15) is 5.10 Å². The summed E-state index contributed by atoms with van der Waals surface area (Å²) < 4.78 is 14.1. The highest BCUT2D eigenvalue weighted by molar-refractivity contribution is 5.96. The predicted molar refractivity (Wildman–Crippen MR) is 141 cm³/mol. The maximum absolute atomic E-state index is 14.1. The van der Waals surface area contributed by atoms with Crippen molar-refractivity contribution in [3.05, 3.63) is 72.6 Å². The van der Waals surface area contributed by atoms with Gasteiger partial charge in [0, 0.05) is 29.4 Å². The van der Waals surface area contributed by atoms with Crippen LogP contribution in [0.4, 0.5) is 10.1 Å². The number of nitrogens with zero attached hydrogens (tertiary/aromatic N) is 5. The van der Waals surface area contributed by atoms with Crippen molar-refractivity contribution in [1.29, 1.82) is 0 Å². The Morgan fingerprint density at radius 3 is 2.66 bits per heavy atom. The van der Waals surface area contributed by atoms with E-state index in [-0.39, 0.29) is 17.6 Å². The molecule has 38 heavy (non-hydrogen) atoms. The topological polar surface area (TPSA) is 125 Å². The lowest BCUT2D eigenvalue weighted by molar-refractivity contribution is -0.117. The van der Waals surface area contributed by atoms with E-state index in [2.05, 4.69) is 30.5 Å². The van der Waals surface area contributed by atoms with E-state index in [1.165, 1.54) is 12.1 Å². The molecule has 10 heteroatoms. The van der Waals surface area contributed by atoms with E-state index >= 15 is 0 Å². The summed E-state index contributed by atoms with van der Waals surface area (Å²) in [7, 11) is 0. The first-order valence-corrected chi connectivity index (χ1v) is 12.2. The number of anilines is 1. The largest absolute Gasteiger partial charge is 0.335 e. The molecule has 6 aromatic rings. The number of carbonyl (C=O) groups is 1. The number of halogens is 1. The molecule has 1 fully saturated rings. The number of aromatic nitrogens is 7. The summed E-state index contributed by atoms with van der Waals surface area (Å²) in [5, 5.41) is 10.4. The van der Waals surface area contributed by atoms with Gasteiger partial charge in [-0.15, -0.1) is 0 Å². The summed E-state index contributed by atoms with van der Waals surface area (Å²) in [4.78, 5) is 33.8. The molecule has 0 unspecified atom stereocenters. The van der Waals surface area contributed by atoms with Crippen molar-refractivity contribution in [2.45, 2.75) is 19.8 Å². The highest BCUT2D eigenvalue weighted by atomic mass is 19.1. The minimum atomic E-state index is -0.312. The Balaban J connectivity index is 1.29. The number of fused-ring (bicyclic) bond motifs is 2. The van der Waals surface area contributed by atoms with Crippen LogP contribution in [0.3, 0.4) is 0 Å². The summed E-state index contributed by atoms with van der Waals surface area (Å²) in [5.41, 5.74) is 7.61. The summed E-state index contributed by atoms with van der Waals surface area (Å²) in [5.74, 6) is 0.331. The zero-order valence-corrected chi connectivity index (χ0v) is 20.3. The van der Waals surface area contributed by atoms with Gasteiger partial charge in [0.2, 0.25) is 5.91 Å². The average molecular weight is 505 g/mol. The number of H-pyrrole nitrogens is 2. The van der Waals surface area contributed by atoms with Crippen LogP contribution >= 0.6 is 0 Å². The minimum absolute atomic E-state index is 0.0247. The molecule has 3 N–H and O–H groups in total. The van der Waals surface area contributed by atoms with Crippen molar-refractivity contribution in [3.8, 4) is 33.9 Å². The SMILES string of the molecule is Cc1cc(F)cc(-c2cncc3[nH]c(-c4n[nH]c5ccc(-c6cncc(NC(=O)C7CC7)c6)nc45)nc23)c1. The maximum atomic E-state index is 14.1. The molecule has 0 saturated heterocycles. The van der Waals surface area contributed by atoms with Gasteiger partial charge in [0.05, 0.1) is 40.3 Å². The quantitative estimate of drug-likeness (QED) is 0.288. The van der Waals surface area contributed by atoms with Gasteiger partial charge in [-0.25, -0.2) is 14.4 Å². The molecular weight excluding hydrogens is 483 g/mol. The zero-order valence-electron chi connectivity index (χ0n) is 20.3. The second kappa shape index (κ2) is 8.55. The number of benzene rings is 1. The Kier molecular flexibility index (Phi) is 5.00. The molecule has 0 bridgehead atoms. The van der Waals surface area contributed by atoms with E-state index in [9.17, 15) is 9.18 Å². The fourth-order valence-electron chi connectivity index (χ4n) is 4.61. The first kappa shape index (κ1) is 22.2.